The second kappa shape index (κ2) is 7.87. The summed E-state index contributed by atoms with van der Waals surface area (Å²) in [6, 6.07) is 9.47. The van der Waals surface area contributed by atoms with Crippen molar-refractivity contribution < 1.29 is 14.3 Å². The first-order chi connectivity index (χ1) is 8.63. The van der Waals surface area contributed by atoms with Crippen LogP contribution in [-0.2, 0) is 16.1 Å². The average molecular weight is 314 g/mol. The van der Waals surface area contributed by atoms with Gasteiger partial charge in [0.25, 0.3) is 0 Å². The van der Waals surface area contributed by atoms with Crippen molar-refractivity contribution >= 4 is 27.8 Å². The molecular weight excluding hydrogens is 298 g/mol. The predicted octanol–water partition coefficient (Wildman–Crippen LogP) is 2.61. The lowest BCUT2D eigenvalue weighted by atomic mass is 10.2. The zero-order valence-corrected chi connectivity index (χ0v) is 11.9. The Morgan fingerprint density at radius 1 is 1.28 bits per heavy atom. The van der Waals surface area contributed by atoms with Crippen LogP contribution in [0.25, 0.3) is 0 Å². The first-order valence-corrected chi connectivity index (χ1v) is 6.75. The highest BCUT2D eigenvalue weighted by molar-refractivity contribution is 9.09. The van der Waals surface area contributed by atoms with Crippen molar-refractivity contribution in [2.75, 3.05) is 18.9 Å². The van der Waals surface area contributed by atoms with E-state index in [2.05, 4.69) is 15.9 Å². The molecule has 0 spiro atoms. The Labute approximate surface area is 115 Å². The van der Waals surface area contributed by atoms with Crippen LogP contribution in [0.3, 0.4) is 0 Å². The van der Waals surface area contributed by atoms with Crippen molar-refractivity contribution in [2.45, 2.75) is 13.0 Å². The molecule has 0 aromatic heterocycles. The van der Waals surface area contributed by atoms with Crippen LogP contribution in [0.4, 0.5) is 4.79 Å². The topological polar surface area (TPSA) is 46.6 Å². The number of hydrogen-bond donors (Lipinski definition) is 0. The molecule has 1 amide bonds. The number of ketones is 1. The Bertz CT molecular complexity index is 394. The largest absolute Gasteiger partial charge is 0.445 e. The monoisotopic (exact) mass is 313 g/mol. The van der Waals surface area contributed by atoms with Crippen molar-refractivity contribution in [3.63, 3.8) is 0 Å². The quantitative estimate of drug-likeness (QED) is 0.758. The summed E-state index contributed by atoms with van der Waals surface area (Å²) in [7, 11) is 1.62. The van der Waals surface area contributed by atoms with Crippen LogP contribution in [0, 0.1) is 0 Å². The van der Waals surface area contributed by atoms with Crippen molar-refractivity contribution in [3.05, 3.63) is 35.9 Å². The van der Waals surface area contributed by atoms with Crippen LogP contribution in [0.2, 0.25) is 0 Å². The van der Waals surface area contributed by atoms with Gasteiger partial charge in [-0.15, -0.1) is 0 Å². The van der Waals surface area contributed by atoms with E-state index >= 15 is 0 Å². The maximum atomic E-state index is 11.6. The summed E-state index contributed by atoms with van der Waals surface area (Å²) in [6.45, 7) is 0.620. The van der Waals surface area contributed by atoms with Gasteiger partial charge in [0.15, 0.2) is 0 Å². The summed E-state index contributed by atoms with van der Waals surface area (Å²) in [5, 5.41) is 0.319. The number of nitrogens with zero attached hydrogens (tertiary/aromatic N) is 1. The molecule has 0 aliphatic rings. The van der Waals surface area contributed by atoms with E-state index in [1.807, 2.05) is 30.3 Å². The van der Waals surface area contributed by atoms with Gasteiger partial charge >= 0.3 is 6.09 Å². The molecule has 1 aromatic rings. The summed E-state index contributed by atoms with van der Waals surface area (Å²) >= 11 is 3.08. The SMILES string of the molecule is CN(CCC(=O)CBr)C(=O)OCc1ccccc1. The van der Waals surface area contributed by atoms with E-state index in [9.17, 15) is 9.59 Å². The van der Waals surface area contributed by atoms with Crippen LogP contribution in [0.15, 0.2) is 30.3 Å². The van der Waals surface area contributed by atoms with Crippen molar-refractivity contribution in [1.82, 2.24) is 4.90 Å². The van der Waals surface area contributed by atoms with Crippen LogP contribution in [0.1, 0.15) is 12.0 Å². The van der Waals surface area contributed by atoms with E-state index in [1.54, 1.807) is 7.05 Å². The minimum Gasteiger partial charge on any atom is -0.445 e. The lowest BCUT2D eigenvalue weighted by Crippen LogP contribution is -2.29. The molecule has 0 radical (unpaired) electrons. The van der Waals surface area contributed by atoms with Gasteiger partial charge in [0, 0.05) is 20.0 Å². The summed E-state index contributed by atoms with van der Waals surface area (Å²) in [5.41, 5.74) is 0.941. The predicted molar refractivity (Wildman–Crippen MR) is 72.7 cm³/mol. The Balaban J connectivity index is 2.30. The smallest absolute Gasteiger partial charge is 0.409 e. The van der Waals surface area contributed by atoms with Gasteiger partial charge in [0.1, 0.15) is 12.4 Å². The third-order valence-corrected chi connectivity index (χ3v) is 3.02. The zero-order valence-electron chi connectivity index (χ0n) is 10.3. The fourth-order valence-corrected chi connectivity index (χ4v) is 1.56. The van der Waals surface area contributed by atoms with Crippen molar-refractivity contribution in [3.8, 4) is 0 Å². The van der Waals surface area contributed by atoms with E-state index in [4.69, 9.17) is 4.74 Å². The second-order valence-corrected chi connectivity index (χ2v) is 4.44. The number of carbonyl (C=O) groups excluding carboxylic acids is 2. The minimum atomic E-state index is -0.416. The molecule has 5 heteroatoms. The number of halogens is 1. The number of amides is 1. The highest BCUT2D eigenvalue weighted by Crippen LogP contribution is 2.03. The fourth-order valence-electron chi connectivity index (χ4n) is 1.28. The standard InChI is InChI=1S/C13H16BrNO3/c1-15(8-7-12(16)9-14)13(17)18-10-11-5-3-2-4-6-11/h2-6H,7-10H2,1H3. The molecule has 0 atom stereocenters. The van der Waals surface area contributed by atoms with E-state index < -0.39 is 6.09 Å². The molecule has 0 heterocycles. The first-order valence-electron chi connectivity index (χ1n) is 5.63. The third-order valence-electron chi connectivity index (χ3n) is 2.39. The van der Waals surface area contributed by atoms with Gasteiger partial charge in [-0.25, -0.2) is 4.79 Å². The van der Waals surface area contributed by atoms with E-state index in [0.717, 1.165) is 5.56 Å². The van der Waals surface area contributed by atoms with Gasteiger partial charge in [-0.05, 0) is 5.56 Å². The summed E-state index contributed by atoms with van der Waals surface area (Å²) in [6.07, 6.45) is -0.0800. The van der Waals surface area contributed by atoms with E-state index in [-0.39, 0.29) is 12.4 Å². The Hall–Kier alpha value is -1.36. The molecule has 98 valence electrons. The summed E-state index contributed by atoms with van der Waals surface area (Å²) in [4.78, 5) is 24.1. The normalized spacial score (nSPS) is 9.89. The molecule has 1 rings (SSSR count). The highest BCUT2D eigenvalue weighted by Gasteiger charge is 2.11. The Morgan fingerprint density at radius 3 is 2.56 bits per heavy atom. The third kappa shape index (κ3) is 5.31. The molecule has 1 aromatic carbocycles. The summed E-state index contributed by atoms with van der Waals surface area (Å²) in [5.74, 6) is 0.0673. The van der Waals surface area contributed by atoms with Crippen LogP contribution in [-0.4, -0.2) is 35.7 Å². The van der Waals surface area contributed by atoms with Crippen molar-refractivity contribution in [1.29, 1.82) is 0 Å². The van der Waals surface area contributed by atoms with Gasteiger partial charge < -0.3 is 9.64 Å². The van der Waals surface area contributed by atoms with Gasteiger partial charge in [-0.2, -0.15) is 0 Å². The minimum absolute atomic E-state index is 0.0673. The zero-order chi connectivity index (χ0) is 13.4. The molecule has 0 saturated carbocycles. The average Bonchev–Trinajstić information content (AvgIpc) is 2.42. The van der Waals surface area contributed by atoms with Gasteiger partial charge in [-0.1, -0.05) is 46.3 Å². The maximum Gasteiger partial charge on any atom is 0.409 e. The Kier molecular flexibility index (Phi) is 6.43. The number of ether oxygens (including phenoxy) is 1. The lowest BCUT2D eigenvalue weighted by Gasteiger charge is -2.16. The van der Waals surface area contributed by atoms with E-state index in [0.29, 0.717) is 18.3 Å². The lowest BCUT2D eigenvalue weighted by molar-refractivity contribution is -0.116. The van der Waals surface area contributed by atoms with E-state index in [1.165, 1.54) is 4.90 Å². The molecule has 0 saturated heterocycles. The molecule has 0 unspecified atom stereocenters. The summed E-state index contributed by atoms with van der Waals surface area (Å²) < 4.78 is 5.12. The van der Waals surface area contributed by atoms with Gasteiger partial charge in [-0.3, -0.25) is 4.79 Å². The number of carbonyl (C=O) groups is 2. The van der Waals surface area contributed by atoms with Crippen LogP contribution < -0.4 is 0 Å². The molecule has 0 bridgehead atoms. The maximum absolute atomic E-state index is 11.6. The van der Waals surface area contributed by atoms with Crippen LogP contribution >= 0.6 is 15.9 Å². The second-order valence-electron chi connectivity index (χ2n) is 3.88. The van der Waals surface area contributed by atoms with Gasteiger partial charge in [0.2, 0.25) is 0 Å². The highest BCUT2D eigenvalue weighted by atomic mass is 79.9. The first kappa shape index (κ1) is 14.7. The van der Waals surface area contributed by atoms with Gasteiger partial charge in [0.05, 0.1) is 5.33 Å². The van der Waals surface area contributed by atoms with Crippen molar-refractivity contribution in [2.24, 2.45) is 0 Å². The molecule has 0 aliphatic carbocycles. The molecule has 18 heavy (non-hydrogen) atoms. The fraction of sp³-hybridized carbons (Fsp3) is 0.385. The molecule has 0 fully saturated rings. The molecule has 0 aliphatic heterocycles. The number of benzene rings is 1. The number of alkyl halides is 1. The number of Topliss-reactive ketones (excluding diaryl/α,β-unsaturated/α-hetero) is 1. The number of hydrogen-bond acceptors (Lipinski definition) is 3. The number of rotatable bonds is 6. The Morgan fingerprint density at radius 2 is 1.94 bits per heavy atom. The van der Waals surface area contributed by atoms with Crippen LogP contribution in [0.5, 0.6) is 0 Å². The molecule has 4 nitrogen and oxygen atoms in total. The molecule has 0 N–H and O–H groups in total. The molecular formula is C13H16BrNO3.